The molecule has 1 unspecified atom stereocenters. The molecule has 2 aromatic rings. The molecule has 2 amide bonds. The normalized spacial score (nSPS) is 12.8. The highest BCUT2D eigenvalue weighted by Gasteiger charge is 2.34. The van der Waals surface area contributed by atoms with Crippen LogP contribution < -0.4 is 9.62 Å². The van der Waals surface area contributed by atoms with Crippen molar-refractivity contribution in [2.24, 2.45) is 11.8 Å². The lowest BCUT2D eigenvalue weighted by molar-refractivity contribution is -0.133. The van der Waals surface area contributed by atoms with E-state index in [9.17, 15) is 23.1 Å². The lowest BCUT2D eigenvalue weighted by Crippen LogP contribution is -2.48. The van der Waals surface area contributed by atoms with Crippen molar-refractivity contribution in [1.29, 1.82) is 0 Å². The molecule has 0 aliphatic carbocycles. The summed E-state index contributed by atoms with van der Waals surface area (Å²) in [7, 11) is -4.10. The first kappa shape index (κ1) is 26.3. The zero-order chi connectivity index (χ0) is 24.6. The maximum atomic E-state index is 13.5. The van der Waals surface area contributed by atoms with Gasteiger partial charge in [0.25, 0.3) is 10.0 Å². The molecule has 33 heavy (non-hydrogen) atoms. The van der Waals surface area contributed by atoms with Crippen LogP contribution in [0.2, 0.25) is 0 Å². The Labute approximate surface area is 196 Å². The molecule has 8 heteroatoms. The zero-order valence-electron chi connectivity index (χ0n) is 19.4. The molecule has 1 atom stereocenters. The van der Waals surface area contributed by atoms with E-state index in [0.717, 1.165) is 5.41 Å². The Bertz CT molecular complexity index is 1080. The van der Waals surface area contributed by atoms with E-state index >= 15 is 0 Å². The summed E-state index contributed by atoms with van der Waals surface area (Å²) in [5.41, 5.74) is 1.83. The quantitative estimate of drug-likeness (QED) is 0.513. The standard InChI is InChI=1S/C25H32N2O5S/c1-18(2)15-23(24(29)26-33(31,32)14-13-20-9-6-5-7-10-20)25(30)27(19(3)4)22-12-8-11-21(16-22)17-28/h5-14,16,18-19,23,28H,15,17H2,1-4H3,(H,26,29). The van der Waals surface area contributed by atoms with Crippen LogP contribution in [0.3, 0.4) is 0 Å². The van der Waals surface area contributed by atoms with Crippen molar-refractivity contribution in [3.05, 3.63) is 71.1 Å². The van der Waals surface area contributed by atoms with Crippen molar-refractivity contribution in [2.45, 2.75) is 46.8 Å². The molecule has 0 radical (unpaired) electrons. The number of nitrogens with one attached hydrogen (secondary N) is 1. The minimum absolute atomic E-state index is 0.0231. The van der Waals surface area contributed by atoms with Crippen LogP contribution in [0.25, 0.3) is 6.08 Å². The first-order valence-electron chi connectivity index (χ1n) is 10.9. The van der Waals surface area contributed by atoms with E-state index in [2.05, 4.69) is 0 Å². The summed E-state index contributed by atoms with van der Waals surface area (Å²) >= 11 is 0. The van der Waals surface area contributed by atoms with Crippen molar-refractivity contribution in [1.82, 2.24) is 4.72 Å². The molecule has 0 saturated carbocycles. The predicted molar refractivity (Wildman–Crippen MR) is 130 cm³/mol. The average molecular weight is 473 g/mol. The average Bonchev–Trinajstić information content (AvgIpc) is 2.76. The van der Waals surface area contributed by atoms with E-state index in [0.29, 0.717) is 16.8 Å². The summed E-state index contributed by atoms with van der Waals surface area (Å²) in [6.45, 7) is 7.17. The van der Waals surface area contributed by atoms with Crippen LogP contribution in [0.5, 0.6) is 0 Å². The van der Waals surface area contributed by atoms with Crippen LogP contribution in [-0.2, 0) is 26.2 Å². The number of rotatable bonds is 10. The van der Waals surface area contributed by atoms with Gasteiger partial charge in [-0.1, -0.05) is 56.3 Å². The number of carbonyl (C=O) groups is 2. The summed E-state index contributed by atoms with van der Waals surface area (Å²) in [6.07, 6.45) is 1.57. The summed E-state index contributed by atoms with van der Waals surface area (Å²) in [5.74, 6) is -2.57. The van der Waals surface area contributed by atoms with E-state index in [1.807, 2.05) is 38.5 Å². The fourth-order valence-corrected chi connectivity index (χ4v) is 4.25. The number of aliphatic hydroxyl groups excluding tert-OH is 1. The molecule has 2 N–H and O–H groups in total. The van der Waals surface area contributed by atoms with Crippen LogP contribution in [0.1, 0.15) is 45.2 Å². The molecular weight excluding hydrogens is 440 g/mol. The van der Waals surface area contributed by atoms with Crippen LogP contribution >= 0.6 is 0 Å². The molecule has 0 aliphatic heterocycles. The summed E-state index contributed by atoms with van der Waals surface area (Å²) in [5, 5.41) is 10.4. The minimum atomic E-state index is -4.10. The number of carbonyl (C=O) groups excluding carboxylic acids is 2. The number of hydrogen-bond donors (Lipinski definition) is 2. The monoisotopic (exact) mass is 472 g/mol. The molecule has 178 valence electrons. The molecule has 0 fully saturated rings. The maximum Gasteiger partial charge on any atom is 0.257 e. The third kappa shape index (κ3) is 7.83. The largest absolute Gasteiger partial charge is 0.392 e. The second-order valence-corrected chi connectivity index (χ2v) is 10.1. The third-order valence-electron chi connectivity index (χ3n) is 4.93. The van der Waals surface area contributed by atoms with Gasteiger partial charge < -0.3 is 10.0 Å². The van der Waals surface area contributed by atoms with Gasteiger partial charge in [0, 0.05) is 11.7 Å². The Morgan fingerprint density at radius 1 is 1.03 bits per heavy atom. The van der Waals surface area contributed by atoms with Gasteiger partial charge in [-0.05, 0) is 55.5 Å². The van der Waals surface area contributed by atoms with E-state index in [4.69, 9.17) is 0 Å². The number of hydrogen-bond acceptors (Lipinski definition) is 5. The Hall–Kier alpha value is -2.97. The summed E-state index contributed by atoms with van der Waals surface area (Å²) in [4.78, 5) is 28.0. The highest BCUT2D eigenvalue weighted by Crippen LogP contribution is 2.24. The smallest absolute Gasteiger partial charge is 0.257 e. The van der Waals surface area contributed by atoms with Gasteiger partial charge in [-0.2, -0.15) is 0 Å². The van der Waals surface area contributed by atoms with Gasteiger partial charge >= 0.3 is 0 Å². The van der Waals surface area contributed by atoms with E-state index in [1.165, 1.54) is 11.0 Å². The van der Waals surface area contributed by atoms with Gasteiger partial charge in [0.1, 0.15) is 5.92 Å². The van der Waals surface area contributed by atoms with Gasteiger partial charge in [-0.25, -0.2) is 13.1 Å². The van der Waals surface area contributed by atoms with E-state index in [-0.39, 0.29) is 25.0 Å². The molecule has 0 aromatic heterocycles. The number of amides is 2. The molecule has 7 nitrogen and oxygen atoms in total. The summed E-state index contributed by atoms with van der Waals surface area (Å²) in [6, 6.07) is 15.4. The Kier molecular flexibility index (Phi) is 9.37. The number of nitrogens with zero attached hydrogens (tertiary/aromatic N) is 1. The molecular formula is C25H32N2O5S. The lowest BCUT2D eigenvalue weighted by Gasteiger charge is -2.31. The Morgan fingerprint density at radius 2 is 1.70 bits per heavy atom. The fourth-order valence-electron chi connectivity index (χ4n) is 3.42. The summed E-state index contributed by atoms with van der Waals surface area (Å²) < 4.78 is 27.1. The minimum Gasteiger partial charge on any atom is -0.392 e. The van der Waals surface area contributed by atoms with Crippen molar-refractivity contribution >= 4 is 33.6 Å². The predicted octanol–water partition coefficient (Wildman–Crippen LogP) is 3.70. The Balaban J connectivity index is 2.31. The second kappa shape index (κ2) is 11.8. The number of benzene rings is 2. The molecule has 0 spiro atoms. The van der Waals surface area contributed by atoms with Crippen molar-refractivity contribution in [2.75, 3.05) is 4.90 Å². The zero-order valence-corrected chi connectivity index (χ0v) is 20.2. The first-order chi connectivity index (χ1) is 15.5. The van der Waals surface area contributed by atoms with Gasteiger partial charge in [-0.15, -0.1) is 0 Å². The molecule has 2 aromatic carbocycles. The Morgan fingerprint density at radius 3 is 2.27 bits per heavy atom. The highest BCUT2D eigenvalue weighted by molar-refractivity contribution is 7.93. The van der Waals surface area contributed by atoms with Crippen molar-refractivity contribution in [3.8, 4) is 0 Å². The van der Waals surface area contributed by atoms with Crippen LogP contribution in [0.4, 0.5) is 5.69 Å². The maximum absolute atomic E-state index is 13.5. The molecule has 2 rings (SSSR count). The van der Waals surface area contributed by atoms with Crippen LogP contribution in [0.15, 0.2) is 60.0 Å². The van der Waals surface area contributed by atoms with E-state index < -0.39 is 27.8 Å². The van der Waals surface area contributed by atoms with Gasteiger partial charge in [-0.3, -0.25) is 9.59 Å². The van der Waals surface area contributed by atoms with Gasteiger partial charge in [0.15, 0.2) is 0 Å². The molecule has 0 saturated heterocycles. The lowest BCUT2D eigenvalue weighted by atomic mass is 9.94. The van der Waals surface area contributed by atoms with Gasteiger partial charge in [0.05, 0.1) is 12.0 Å². The van der Waals surface area contributed by atoms with E-state index in [1.54, 1.807) is 48.5 Å². The van der Waals surface area contributed by atoms with Crippen LogP contribution in [-0.4, -0.2) is 31.4 Å². The highest BCUT2D eigenvalue weighted by atomic mass is 32.2. The number of aliphatic hydroxyl groups is 1. The van der Waals surface area contributed by atoms with Crippen molar-refractivity contribution in [3.63, 3.8) is 0 Å². The molecule has 0 aliphatic rings. The topological polar surface area (TPSA) is 104 Å². The number of anilines is 1. The van der Waals surface area contributed by atoms with Crippen LogP contribution in [0, 0.1) is 11.8 Å². The number of sulfonamides is 1. The fraction of sp³-hybridized carbons (Fsp3) is 0.360. The molecule has 0 heterocycles. The SMILES string of the molecule is CC(C)CC(C(=O)NS(=O)(=O)C=Cc1ccccc1)C(=O)N(c1cccc(CO)c1)C(C)C. The molecule has 0 bridgehead atoms. The second-order valence-electron chi connectivity index (χ2n) is 8.54. The van der Waals surface area contributed by atoms with Crippen molar-refractivity contribution < 1.29 is 23.1 Å². The van der Waals surface area contributed by atoms with Gasteiger partial charge in [0.2, 0.25) is 11.8 Å². The first-order valence-corrected chi connectivity index (χ1v) is 12.4. The third-order valence-corrected chi connectivity index (χ3v) is 5.91.